The largest absolute Gasteiger partial charge is 0.435 e. The van der Waals surface area contributed by atoms with Crippen LogP contribution in [0.5, 0.6) is 11.6 Å². The summed E-state index contributed by atoms with van der Waals surface area (Å²) < 4.78 is 40.9. The van der Waals surface area contributed by atoms with Gasteiger partial charge in [0.05, 0.1) is 29.7 Å². The van der Waals surface area contributed by atoms with Crippen LogP contribution in [-0.4, -0.2) is 52.2 Å². The Hall–Kier alpha value is -3.25. The van der Waals surface area contributed by atoms with E-state index in [0.717, 1.165) is 23.4 Å². The van der Waals surface area contributed by atoms with Crippen molar-refractivity contribution in [2.45, 2.75) is 33.4 Å². The van der Waals surface area contributed by atoms with Gasteiger partial charge < -0.3 is 14.6 Å². The van der Waals surface area contributed by atoms with Gasteiger partial charge >= 0.3 is 0 Å². The zero-order valence-corrected chi connectivity index (χ0v) is 20.2. The van der Waals surface area contributed by atoms with Crippen LogP contribution in [0.25, 0.3) is 5.69 Å². The van der Waals surface area contributed by atoms with Crippen LogP contribution in [0.3, 0.4) is 0 Å². The van der Waals surface area contributed by atoms with Crippen molar-refractivity contribution in [2.24, 2.45) is 5.92 Å². The summed E-state index contributed by atoms with van der Waals surface area (Å²) in [5.74, 6) is 1.42. The molecule has 0 spiro atoms. The lowest BCUT2D eigenvalue weighted by molar-refractivity contribution is 0.0236. The van der Waals surface area contributed by atoms with E-state index in [2.05, 4.69) is 29.8 Å². The molecule has 0 bridgehead atoms. The molecule has 0 saturated heterocycles. The third-order valence-corrected chi connectivity index (χ3v) is 5.21. The predicted octanol–water partition coefficient (Wildman–Crippen LogP) is 4.72. The number of terminal acetylenes is 1. The molecular formula is C27H31F2N3O3. The molecule has 8 heteroatoms. The van der Waals surface area contributed by atoms with E-state index in [9.17, 15) is 13.9 Å². The summed E-state index contributed by atoms with van der Waals surface area (Å²) >= 11 is 0. The maximum absolute atomic E-state index is 14.5. The molecule has 0 saturated carbocycles. The van der Waals surface area contributed by atoms with Crippen LogP contribution in [0.15, 0.2) is 48.5 Å². The van der Waals surface area contributed by atoms with Crippen molar-refractivity contribution in [2.75, 3.05) is 26.3 Å². The fourth-order valence-corrected chi connectivity index (χ4v) is 3.78. The van der Waals surface area contributed by atoms with Crippen LogP contribution in [0.1, 0.15) is 25.1 Å². The van der Waals surface area contributed by atoms with Crippen LogP contribution < -0.4 is 4.74 Å². The minimum atomic E-state index is -0.811. The lowest BCUT2D eigenvalue weighted by atomic mass is 10.1. The van der Waals surface area contributed by atoms with Gasteiger partial charge in [-0.15, -0.1) is 6.42 Å². The monoisotopic (exact) mass is 483 g/mol. The molecule has 3 aromatic rings. The first-order chi connectivity index (χ1) is 16.8. The molecule has 2 aromatic carbocycles. The molecule has 35 heavy (non-hydrogen) atoms. The molecule has 1 atom stereocenters. The number of para-hydroxylation sites is 1. The zero-order chi connectivity index (χ0) is 25.4. The predicted molar refractivity (Wildman–Crippen MR) is 131 cm³/mol. The molecule has 3 rings (SSSR count). The second-order valence-corrected chi connectivity index (χ2v) is 8.75. The Morgan fingerprint density at radius 2 is 1.89 bits per heavy atom. The lowest BCUT2D eigenvalue weighted by Crippen LogP contribution is -2.37. The Kier molecular flexibility index (Phi) is 9.38. The number of ether oxygens (including phenoxy) is 2. The Morgan fingerprint density at radius 3 is 2.54 bits per heavy atom. The minimum absolute atomic E-state index is 0.108. The van der Waals surface area contributed by atoms with Crippen LogP contribution >= 0.6 is 0 Å². The van der Waals surface area contributed by atoms with E-state index in [1.165, 1.54) is 6.07 Å². The fourth-order valence-electron chi connectivity index (χ4n) is 3.78. The first-order valence-electron chi connectivity index (χ1n) is 11.5. The van der Waals surface area contributed by atoms with E-state index < -0.39 is 17.7 Å². The number of aryl methyl sites for hydroxylation is 1. The summed E-state index contributed by atoms with van der Waals surface area (Å²) in [5, 5.41) is 15.1. The van der Waals surface area contributed by atoms with E-state index in [1.54, 1.807) is 4.68 Å². The molecule has 0 radical (unpaired) electrons. The smallest absolute Gasteiger partial charge is 0.227 e. The highest BCUT2D eigenvalue weighted by atomic mass is 19.1. The second kappa shape index (κ2) is 12.5. The number of aromatic nitrogens is 2. The summed E-state index contributed by atoms with van der Waals surface area (Å²) in [6.07, 6.45) is 4.47. The third kappa shape index (κ3) is 7.36. The maximum Gasteiger partial charge on any atom is 0.227 e. The third-order valence-electron chi connectivity index (χ3n) is 5.21. The van der Waals surface area contributed by atoms with E-state index in [-0.39, 0.29) is 19.0 Å². The summed E-state index contributed by atoms with van der Waals surface area (Å²) in [6, 6.07) is 12.5. The molecule has 0 amide bonds. The van der Waals surface area contributed by atoms with Crippen molar-refractivity contribution in [1.29, 1.82) is 0 Å². The summed E-state index contributed by atoms with van der Waals surface area (Å²) in [5.41, 5.74) is 2.16. The molecular weight excluding hydrogens is 452 g/mol. The number of aliphatic hydroxyl groups excluding tert-OH is 1. The summed E-state index contributed by atoms with van der Waals surface area (Å²) in [4.78, 5) is 2.07. The molecule has 1 aromatic heterocycles. The molecule has 186 valence electrons. The summed E-state index contributed by atoms with van der Waals surface area (Å²) in [6.45, 7) is 7.68. The second-order valence-electron chi connectivity index (χ2n) is 8.75. The van der Waals surface area contributed by atoms with Gasteiger partial charge in [-0.2, -0.15) is 5.10 Å². The Bertz CT molecular complexity index is 1140. The number of rotatable bonds is 12. The molecule has 0 aliphatic rings. The first-order valence-corrected chi connectivity index (χ1v) is 11.5. The topological polar surface area (TPSA) is 59.8 Å². The highest BCUT2D eigenvalue weighted by Crippen LogP contribution is 2.33. The van der Waals surface area contributed by atoms with Gasteiger partial charge in [-0.05, 0) is 37.1 Å². The van der Waals surface area contributed by atoms with E-state index in [1.807, 2.05) is 37.3 Å². The molecule has 6 nitrogen and oxygen atoms in total. The average Bonchev–Trinajstić information content (AvgIpc) is 3.11. The van der Waals surface area contributed by atoms with Gasteiger partial charge in [0, 0.05) is 25.7 Å². The quantitative estimate of drug-likeness (QED) is 0.298. The van der Waals surface area contributed by atoms with Gasteiger partial charge in [-0.1, -0.05) is 38.0 Å². The molecule has 1 heterocycles. The van der Waals surface area contributed by atoms with Gasteiger partial charge in [-0.25, -0.2) is 13.5 Å². The zero-order valence-electron chi connectivity index (χ0n) is 20.2. The van der Waals surface area contributed by atoms with Crippen LogP contribution in [0, 0.1) is 36.8 Å². The number of aliphatic hydroxyl groups is 1. The van der Waals surface area contributed by atoms with E-state index >= 15 is 0 Å². The number of hydrogen-bond donors (Lipinski definition) is 1. The molecule has 0 unspecified atom stereocenters. The number of hydrogen-bond acceptors (Lipinski definition) is 5. The van der Waals surface area contributed by atoms with Gasteiger partial charge in [0.2, 0.25) is 5.88 Å². The van der Waals surface area contributed by atoms with Crippen molar-refractivity contribution in [1.82, 2.24) is 14.7 Å². The van der Waals surface area contributed by atoms with Crippen molar-refractivity contribution >= 4 is 0 Å². The number of nitrogens with zero attached hydrogens (tertiary/aromatic N) is 3. The van der Waals surface area contributed by atoms with Gasteiger partial charge in [0.25, 0.3) is 0 Å². The average molecular weight is 484 g/mol. The molecule has 0 aliphatic heterocycles. The highest BCUT2D eigenvalue weighted by Gasteiger charge is 2.24. The standard InChI is InChI=1S/C27H31F2N3O3/c1-5-13-34-18-23(33)16-31(15-19(2)3)17-24-20(4)30-32(22-9-7-6-8-10-22)27(24)35-26-12-11-21(28)14-25(26)29/h1,6-12,14,19,23,33H,13,15-18H2,2-4H3/t23-/m1/s1. The van der Waals surface area contributed by atoms with Crippen LogP contribution in [0.4, 0.5) is 8.78 Å². The Morgan fingerprint density at radius 1 is 1.14 bits per heavy atom. The van der Waals surface area contributed by atoms with Crippen molar-refractivity contribution in [3.63, 3.8) is 0 Å². The van der Waals surface area contributed by atoms with Crippen LogP contribution in [-0.2, 0) is 11.3 Å². The highest BCUT2D eigenvalue weighted by molar-refractivity contribution is 5.43. The van der Waals surface area contributed by atoms with Gasteiger partial charge in [0.1, 0.15) is 12.4 Å². The van der Waals surface area contributed by atoms with Gasteiger partial charge in [0.15, 0.2) is 11.6 Å². The normalized spacial score (nSPS) is 12.2. The number of halogens is 2. The van der Waals surface area contributed by atoms with Crippen molar-refractivity contribution in [3.05, 3.63) is 71.4 Å². The summed E-state index contributed by atoms with van der Waals surface area (Å²) in [7, 11) is 0. The SMILES string of the molecule is C#CCOC[C@H](O)CN(Cc1c(C)nn(-c2ccccc2)c1Oc1ccc(F)cc1F)CC(C)C. The van der Waals surface area contributed by atoms with Crippen LogP contribution in [0.2, 0.25) is 0 Å². The van der Waals surface area contributed by atoms with E-state index in [0.29, 0.717) is 37.1 Å². The Balaban J connectivity index is 1.97. The van der Waals surface area contributed by atoms with Crippen molar-refractivity contribution < 1.29 is 23.4 Å². The lowest BCUT2D eigenvalue weighted by Gasteiger charge is -2.27. The van der Waals surface area contributed by atoms with Crippen molar-refractivity contribution in [3.8, 4) is 29.7 Å². The minimum Gasteiger partial charge on any atom is -0.435 e. The molecule has 0 fully saturated rings. The molecule has 0 aliphatic carbocycles. The van der Waals surface area contributed by atoms with Gasteiger partial charge in [-0.3, -0.25) is 4.90 Å². The molecule has 1 N–H and O–H groups in total. The van der Waals surface area contributed by atoms with E-state index in [4.69, 9.17) is 15.9 Å². The first kappa shape index (κ1) is 26.4. The Labute approximate surface area is 205 Å². The maximum atomic E-state index is 14.5. The fraction of sp³-hybridized carbons (Fsp3) is 0.370. The number of benzene rings is 2.